The van der Waals surface area contributed by atoms with Gasteiger partial charge < -0.3 is 29.8 Å². The number of H-pyrrole nitrogens is 1. The van der Waals surface area contributed by atoms with Gasteiger partial charge in [-0.2, -0.15) is 0 Å². The van der Waals surface area contributed by atoms with E-state index < -0.39 is 6.29 Å². The van der Waals surface area contributed by atoms with E-state index >= 15 is 0 Å². The highest BCUT2D eigenvalue weighted by Gasteiger charge is 2.40. The molecule has 2 aliphatic heterocycles. The zero-order valence-corrected chi connectivity index (χ0v) is 30.4. The largest absolute Gasteiger partial charge is 0.392 e. The van der Waals surface area contributed by atoms with Gasteiger partial charge in [-0.3, -0.25) is 9.36 Å². The average Bonchev–Trinajstić information content (AvgIpc) is 3.57. The summed E-state index contributed by atoms with van der Waals surface area (Å²) in [5.74, 6) is -0.0470. The average molecular weight is 723 g/mol. The fourth-order valence-electron chi connectivity index (χ4n) is 7.98. The number of ether oxygens (including phenoxy) is 2. The predicted octanol–water partition coefficient (Wildman–Crippen LogP) is 7.55. The second kappa shape index (κ2) is 16.0. The van der Waals surface area contributed by atoms with Gasteiger partial charge in [0.05, 0.1) is 29.8 Å². The van der Waals surface area contributed by atoms with Gasteiger partial charge in [-0.1, -0.05) is 97.9 Å². The van der Waals surface area contributed by atoms with Crippen molar-refractivity contribution in [3.8, 4) is 11.1 Å². The first kappa shape index (κ1) is 35.7. The van der Waals surface area contributed by atoms with Crippen molar-refractivity contribution in [2.75, 3.05) is 19.6 Å². The van der Waals surface area contributed by atoms with E-state index in [2.05, 4.69) is 64.6 Å². The maximum Gasteiger partial charge on any atom is 0.326 e. The Balaban J connectivity index is 0.998. The lowest BCUT2D eigenvalue weighted by atomic mass is 9.89. The molecule has 9 heteroatoms. The van der Waals surface area contributed by atoms with Crippen LogP contribution >= 0.6 is 0 Å². The number of carbonyl (C=O) groups excluding carboxylic acids is 1. The van der Waals surface area contributed by atoms with E-state index in [1.54, 1.807) is 0 Å². The molecule has 6 aromatic rings. The molecule has 3 N–H and O–H groups in total. The molecular weight excluding hydrogens is 677 g/mol. The number of aliphatic hydroxyl groups is 1. The van der Waals surface area contributed by atoms with Crippen LogP contribution in [0.1, 0.15) is 70.8 Å². The van der Waals surface area contributed by atoms with E-state index in [1.165, 1.54) is 0 Å². The minimum absolute atomic E-state index is 0.0102. The topological polar surface area (TPSA) is 109 Å². The number of likely N-dealkylation sites (tertiary alicyclic amines) is 1. The van der Waals surface area contributed by atoms with Gasteiger partial charge in [0.15, 0.2) is 6.29 Å². The first-order chi connectivity index (χ1) is 26.4. The third-order valence-corrected chi connectivity index (χ3v) is 11.0. The van der Waals surface area contributed by atoms with Crippen molar-refractivity contribution in [2.45, 2.75) is 57.5 Å². The highest BCUT2D eigenvalue weighted by Crippen LogP contribution is 2.43. The first-order valence-electron chi connectivity index (χ1n) is 18.9. The number of nitrogens with zero attached hydrogens (tertiary/aromatic N) is 2. The molecule has 54 heavy (non-hydrogen) atoms. The van der Waals surface area contributed by atoms with Crippen LogP contribution in [0.25, 0.3) is 22.2 Å². The quantitative estimate of drug-likeness (QED) is 0.135. The van der Waals surface area contributed by atoms with Crippen LogP contribution in [0.4, 0.5) is 0 Å². The number of fused-ring (bicyclic) bond motifs is 1. The summed E-state index contributed by atoms with van der Waals surface area (Å²) < 4.78 is 15.6. The van der Waals surface area contributed by atoms with Crippen LogP contribution in [-0.4, -0.2) is 51.2 Å². The number of carbonyl (C=O) groups is 1. The highest BCUT2D eigenvalue weighted by atomic mass is 16.7. The van der Waals surface area contributed by atoms with Crippen LogP contribution in [0.15, 0.2) is 132 Å². The van der Waals surface area contributed by atoms with Gasteiger partial charge in [-0.15, -0.1) is 0 Å². The molecule has 2 fully saturated rings. The molecule has 0 aliphatic carbocycles. The summed E-state index contributed by atoms with van der Waals surface area (Å²) in [6.07, 6.45) is 0.838. The molecule has 9 nitrogen and oxygen atoms in total. The number of piperidine rings is 1. The summed E-state index contributed by atoms with van der Waals surface area (Å²) in [4.78, 5) is 31.1. The summed E-state index contributed by atoms with van der Waals surface area (Å²) >= 11 is 0. The minimum atomic E-state index is -0.593. The van der Waals surface area contributed by atoms with Crippen molar-refractivity contribution >= 4 is 16.9 Å². The molecule has 0 radical (unpaired) electrons. The Kier molecular flexibility index (Phi) is 10.6. The Labute approximate surface area is 315 Å². The molecule has 3 heterocycles. The molecule has 2 saturated heterocycles. The number of aromatic nitrogens is 2. The summed E-state index contributed by atoms with van der Waals surface area (Å²) in [7, 11) is 0. The van der Waals surface area contributed by atoms with E-state index in [9.17, 15) is 14.7 Å². The third-order valence-electron chi connectivity index (χ3n) is 11.0. The van der Waals surface area contributed by atoms with Crippen LogP contribution in [0.3, 0.4) is 0 Å². The number of imidazole rings is 1. The van der Waals surface area contributed by atoms with E-state index in [-0.39, 0.29) is 42.4 Å². The van der Waals surface area contributed by atoms with Gasteiger partial charge in [0, 0.05) is 49.3 Å². The van der Waals surface area contributed by atoms with Crippen molar-refractivity contribution in [1.29, 1.82) is 0 Å². The van der Waals surface area contributed by atoms with Crippen molar-refractivity contribution in [3.63, 3.8) is 0 Å². The Bertz CT molecular complexity index is 2260. The predicted molar refractivity (Wildman–Crippen MR) is 210 cm³/mol. The third kappa shape index (κ3) is 7.67. The lowest BCUT2D eigenvalue weighted by Crippen LogP contribution is -2.47. The molecule has 5 aromatic carbocycles. The summed E-state index contributed by atoms with van der Waals surface area (Å²) in [6, 6.07) is 41.8. The monoisotopic (exact) mass is 722 g/mol. The van der Waals surface area contributed by atoms with Gasteiger partial charge in [0.25, 0.3) is 5.91 Å². The van der Waals surface area contributed by atoms with Crippen LogP contribution in [0.5, 0.6) is 0 Å². The maximum absolute atomic E-state index is 12.9. The Morgan fingerprint density at radius 3 is 2.30 bits per heavy atom. The van der Waals surface area contributed by atoms with E-state index in [4.69, 9.17) is 9.47 Å². The zero-order valence-electron chi connectivity index (χ0n) is 30.4. The molecule has 0 unspecified atom stereocenters. The molecule has 4 atom stereocenters. The number of nitrogens with one attached hydrogen (secondary N) is 2. The number of benzene rings is 5. The Hall–Kier alpha value is -5.32. The number of rotatable bonds is 10. The van der Waals surface area contributed by atoms with Crippen LogP contribution < -0.4 is 11.0 Å². The summed E-state index contributed by atoms with van der Waals surface area (Å²) in [5, 5.41) is 12.7. The molecule has 1 aromatic heterocycles. The van der Waals surface area contributed by atoms with E-state index in [0.29, 0.717) is 12.1 Å². The van der Waals surface area contributed by atoms with Gasteiger partial charge in [-0.05, 0) is 77.1 Å². The molecule has 1 amide bonds. The standard InChI is InChI=1S/C45H46N4O5/c1-30-41(28-48-23-21-38(22-24-48)49-40-16-6-5-15-39(40)47-45(49)52)53-44(54-42(30)33-19-17-31(29-50)18-20-33)37-14-8-13-36(26-37)35-12-7-9-32(25-35)27-46-43(51)34-10-3-2-4-11-34/h2-20,25-26,30,38,41-42,44,50H,21-24,27-29H2,1H3,(H,46,51)(H,47,52)/t30-,41+,42+,44+/m0/s1. The molecule has 0 bridgehead atoms. The smallest absolute Gasteiger partial charge is 0.326 e. The number of aliphatic hydroxyl groups excluding tert-OH is 1. The number of aromatic amines is 1. The number of hydrogen-bond donors (Lipinski definition) is 3. The molecule has 0 spiro atoms. The van der Waals surface area contributed by atoms with Gasteiger partial charge in [0.2, 0.25) is 0 Å². The molecule has 8 rings (SSSR count). The molecular formula is C45H46N4O5. The second-order valence-corrected chi connectivity index (χ2v) is 14.5. The van der Waals surface area contributed by atoms with E-state index in [1.807, 2.05) is 89.5 Å². The normalized spacial score (nSPS) is 20.9. The first-order valence-corrected chi connectivity index (χ1v) is 18.9. The summed E-state index contributed by atoms with van der Waals surface area (Å²) in [5.41, 5.74) is 8.35. The molecule has 276 valence electrons. The lowest BCUT2D eigenvalue weighted by molar-refractivity contribution is -0.276. The second-order valence-electron chi connectivity index (χ2n) is 14.5. The SMILES string of the molecule is C[C@H]1[C@@H](CN2CCC(n3c(=O)[nH]c4ccccc43)CC2)O[C@@H](c2cccc(-c3cccc(CNC(=O)c4ccccc4)c3)c2)O[C@H]1c1ccc(CO)cc1. The van der Waals surface area contributed by atoms with Crippen molar-refractivity contribution in [2.24, 2.45) is 5.92 Å². The minimum Gasteiger partial charge on any atom is -0.392 e. The van der Waals surface area contributed by atoms with Crippen molar-refractivity contribution in [3.05, 3.63) is 166 Å². The van der Waals surface area contributed by atoms with Gasteiger partial charge in [-0.25, -0.2) is 4.79 Å². The maximum atomic E-state index is 12.9. The number of hydrogen-bond acceptors (Lipinski definition) is 6. The number of amides is 1. The molecule has 2 aliphatic rings. The molecule has 0 saturated carbocycles. The van der Waals surface area contributed by atoms with Crippen LogP contribution in [0, 0.1) is 5.92 Å². The van der Waals surface area contributed by atoms with Crippen LogP contribution in [-0.2, 0) is 22.6 Å². The highest BCUT2D eigenvalue weighted by molar-refractivity contribution is 5.94. The van der Waals surface area contributed by atoms with Gasteiger partial charge in [0.1, 0.15) is 0 Å². The summed E-state index contributed by atoms with van der Waals surface area (Å²) in [6.45, 7) is 5.08. The number of para-hydroxylation sites is 2. The van der Waals surface area contributed by atoms with Crippen LogP contribution in [0.2, 0.25) is 0 Å². The fraction of sp³-hybridized carbons (Fsp3) is 0.289. The zero-order chi connectivity index (χ0) is 37.0. The van der Waals surface area contributed by atoms with Crippen molar-refractivity contribution in [1.82, 2.24) is 19.8 Å². The fourth-order valence-corrected chi connectivity index (χ4v) is 7.98. The van der Waals surface area contributed by atoms with Gasteiger partial charge >= 0.3 is 5.69 Å². The Morgan fingerprint density at radius 1 is 0.796 bits per heavy atom. The lowest BCUT2D eigenvalue weighted by Gasteiger charge is -2.44. The Morgan fingerprint density at radius 2 is 1.52 bits per heavy atom. The van der Waals surface area contributed by atoms with E-state index in [0.717, 1.165) is 76.9 Å². The van der Waals surface area contributed by atoms with Crippen molar-refractivity contribution < 1.29 is 19.4 Å².